The second-order valence-corrected chi connectivity index (χ2v) is 7.97. The average molecular weight is 337 g/mol. The molecular formula is C21H29N4. The topological polar surface area (TPSA) is 43.6 Å². The van der Waals surface area contributed by atoms with Crippen LogP contribution in [0.4, 0.5) is 0 Å². The molecule has 4 heteroatoms. The Morgan fingerprint density at radius 2 is 1.92 bits per heavy atom. The predicted octanol–water partition coefficient (Wildman–Crippen LogP) is 5.15. The van der Waals surface area contributed by atoms with Gasteiger partial charge in [-0.05, 0) is 45.1 Å². The fourth-order valence-corrected chi connectivity index (χ4v) is 4.10. The minimum absolute atomic E-state index is 0.387. The van der Waals surface area contributed by atoms with Crippen LogP contribution in [0, 0.1) is 11.8 Å². The van der Waals surface area contributed by atoms with Gasteiger partial charge in [0.05, 0.1) is 11.9 Å². The van der Waals surface area contributed by atoms with Gasteiger partial charge in [-0.2, -0.15) is 5.10 Å². The van der Waals surface area contributed by atoms with Crippen molar-refractivity contribution in [1.29, 1.82) is 0 Å². The molecule has 2 aliphatic carbocycles. The van der Waals surface area contributed by atoms with E-state index in [0.29, 0.717) is 6.04 Å². The molecule has 0 saturated heterocycles. The van der Waals surface area contributed by atoms with E-state index >= 15 is 0 Å². The smallest absolute Gasteiger partial charge is 0.136 e. The van der Waals surface area contributed by atoms with Crippen LogP contribution in [0.5, 0.6) is 0 Å². The number of rotatable bonds is 5. The van der Waals surface area contributed by atoms with Gasteiger partial charge in [0, 0.05) is 29.4 Å². The maximum absolute atomic E-state index is 4.95. The van der Waals surface area contributed by atoms with Crippen LogP contribution in [0.25, 0.3) is 11.3 Å². The third-order valence-corrected chi connectivity index (χ3v) is 5.80. The van der Waals surface area contributed by atoms with Crippen molar-refractivity contribution in [1.82, 2.24) is 19.7 Å². The molecule has 25 heavy (non-hydrogen) atoms. The molecule has 2 aliphatic rings. The molecule has 0 aliphatic heterocycles. The van der Waals surface area contributed by atoms with E-state index in [0.717, 1.165) is 36.7 Å². The van der Waals surface area contributed by atoms with Crippen LogP contribution in [0.3, 0.4) is 0 Å². The van der Waals surface area contributed by atoms with Gasteiger partial charge in [-0.15, -0.1) is 0 Å². The molecule has 4 nitrogen and oxygen atoms in total. The van der Waals surface area contributed by atoms with Gasteiger partial charge in [-0.3, -0.25) is 4.68 Å². The molecule has 0 bridgehead atoms. The van der Waals surface area contributed by atoms with Gasteiger partial charge in [0.25, 0.3) is 0 Å². The molecule has 2 saturated carbocycles. The minimum Gasteiger partial charge on any atom is -0.266 e. The number of nitrogens with zero attached hydrogens (tertiary/aromatic N) is 4. The normalized spacial score (nSPS) is 19.3. The number of aromatic nitrogens is 4. The second kappa shape index (κ2) is 7.27. The first-order chi connectivity index (χ1) is 12.2. The first kappa shape index (κ1) is 16.7. The van der Waals surface area contributed by atoms with Crippen molar-refractivity contribution < 1.29 is 0 Å². The lowest BCUT2D eigenvalue weighted by Gasteiger charge is -2.26. The first-order valence-electron chi connectivity index (χ1n) is 9.97. The van der Waals surface area contributed by atoms with Crippen LogP contribution in [-0.4, -0.2) is 19.7 Å². The van der Waals surface area contributed by atoms with E-state index in [1.165, 1.54) is 55.7 Å². The summed E-state index contributed by atoms with van der Waals surface area (Å²) in [6, 6.07) is 2.44. The molecule has 0 atom stereocenters. The molecule has 0 unspecified atom stereocenters. The summed E-state index contributed by atoms with van der Waals surface area (Å²) in [6.45, 7) is 4.43. The van der Waals surface area contributed by atoms with Gasteiger partial charge in [0.2, 0.25) is 0 Å². The maximum atomic E-state index is 4.95. The summed E-state index contributed by atoms with van der Waals surface area (Å²) in [6.07, 6.45) is 15.4. The largest absolute Gasteiger partial charge is 0.266 e. The summed E-state index contributed by atoms with van der Waals surface area (Å²) in [5.41, 5.74) is 3.61. The molecule has 4 rings (SSSR count). The fourth-order valence-electron chi connectivity index (χ4n) is 4.10. The van der Waals surface area contributed by atoms with Crippen molar-refractivity contribution in [2.24, 2.45) is 5.92 Å². The molecule has 133 valence electrons. The van der Waals surface area contributed by atoms with E-state index in [4.69, 9.17) is 10.1 Å². The molecular weight excluding hydrogens is 308 g/mol. The van der Waals surface area contributed by atoms with E-state index in [1.54, 1.807) is 0 Å². The summed E-state index contributed by atoms with van der Waals surface area (Å²) < 4.78 is 2.20. The summed E-state index contributed by atoms with van der Waals surface area (Å²) in [7, 11) is 0. The monoisotopic (exact) mass is 337 g/mol. The average Bonchev–Trinajstić information content (AvgIpc) is 3.03. The van der Waals surface area contributed by atoms with Crippen molar-refractivity contribution in [3.8, 4) is 11.3 Å². The van der Waals surface area contributed by atoms with E-state index in [2.05, 4.69) is 29.6 Å². The molecule has 2 fully saturated rings. The Morgan fingerprint density at radius 3 is 2.60 bits per heavy atom. The molecule has 0 spiro atoms. The van der Waals surface area contributed by atoms with E-state index in [1.807, 2.05) is 12.4 Å². The van der Waals surface area contributed by atoms with E-state index < -0.39 is 0 Å². The second-order valence-electron chi connectivity index (χ2n) is 7.97. The quantitative estimate of drug-likeness (QED) is 0.758. The highest BCUT2D eigenvalue weighted by molar-refractivity contribution is 5.61. The Balaban J connectivity index is 1.66. The summed E-state index contributed by atoms with van der Waals surface area (Å²) in [5, 5.41) is 4.70. The highest BCUT2D eigenvalue weighted by Crippen LogP contribution is 2.35. The Hall–Kier alpha value is -1.71. The van der Waals surface area contributed by atoms with Crippen LogP contribution in [0.2, 0.25) is 0 Å². The van der Waals surface area contributed by atoms with E-state index in [-0.39, 0.29) is 0 Å². The van der Waals surface area contributed by atoms with Gasteiger partial charge in [0.1, 0.15) is 5.82 Å². The summed E-state index contributed by atoms with van der Waals surface area (Å²) in [5.74, 6) is 3.22. The molecule has 2 heterocycles. The minimum atomic E-state index is 0.387. The Kier molecular flexibility index (Phi) is 4.87. The Labute approximate surface area is 151 Å². The maximum Gasteiger partial charge on any atom is 0.136 e. The third-order valence-electron chi connectivity index (χ3n) is 5.80. The molecule has 1 radical (unpaired) electrons. The zero-order valence-electron chi connectivity index (χ0n) is 15.5. The van der Waals surface area contributed by atoms with Crippen molar-refractivity contribution in [2.45, 2.75) is 77.7 Å². The lowest BCUT2D eigenvalue weighted by atomic mass is 9.81. The van der Waals surface area contributed by atoms with Crippen molar-refractivity contribution >= 4 is 0 Å². The standard InChI is InChI=1S/C21H29N4/c1-15(2)25-20(13-16-7-6-8-16)18(14-23-25)19-11-12-22-21(24-19)17-9-4-3-5-10-17/h11-12,14-16H,3-10,13H2,1-2H3. The molecule has 2 aromatic rings. The third kappa shape index (κ3) is 3.49. The SMILES string of the molecule is CC(C)n1ncc(-c2ccnc([C]3CCCCC3)n2)c1CC1CCC1. The summed E-state index contributed by atoms with van der Waals surface area (Å²) >= 11 is 0. The predicted molar refractivity (Wildman–Crippen MR) is 100 cm³/mol. The highest BCUT2D eigenvalue weighted by atomic mass is 15.3. The lowest BCUT2D eigenvalue weighted by Crippen LogP contribution is -2.18. The highest BCUT2D eigenvalue weighted by Gasteiger charge is 2.25. The van der Waals surface area contributed by atoms with Gasteiger partial charge >= 0.3 is 0 Å². The number of hydrogen-bond donors (Lipinski definition) is 0. The van der Waals surface area contributed by atoms with Crippen LogP contribution < -0.4 is 0 Å². The first-order valence-corrected chi connectivity index (χ1v) is 9.97. The molecule has 0 amide bonds. The van der Waals surface area contributed by atoms with Crippen LogP contribution in [0.15, 0.2) is 18.5 Å². The fraction of sp³-hybridized carbons (Fsp3) is 0.619. The lowest BCUT2D eigenvalue weighted by molar-refractivity contribution is 0.305. The van der Waals surface area contributed by atoms with Gasteiger partial charge in [-0.25, -0.2) is 9.97 Å². The molecule has 0 N–H and O–H groups in total. The van der Waals surface area contributed by atoms with Crippen LogP contribution in [0.1, 0.15) is 82.8 Å². The summed E-state index contributed by atoms with van der Waals surface area (Å²) in [4.78, 5) is 9.52. The zero-order chi connectivity index (χ0) is 17.2. The molecule has 2 aromatic heterocycles. The zero-order valence-corrected chi connectivity index (χ0v) is 15.5. The molecule has 0 aromatic carbocycles. The van der Waals surface area contributed by atoms with Crippen molar-refractivity contribution in [3.05, 3.63) is 35.9 Å². The Bertz CT molecular complexity index is 708. The van der Waals surface area contributed by atoms with Gasteiger partial charge < -0.3 is 0 Å². The van der Waals surface area contributed by atoms with Gasteiger partial charge in [-0.1, -0.05) is 38.5 Å². The Morgan fingerprint density at radius 1 is 1.12 bits per heavy atom. The van der Waals surface area contributed by atoms with Crippen LogP contribution in [-0.2, 0) is 6.42 Å². The number of hydrogen-bond acceptors (Lipinski definition) is 3. The van der Waals surface area contributed by atoms with Crippen molar-refractivity contribution in [2.75, 3.05) is 0 Å². The van der Waals surface area contributed by atoms with Gasteiger partial charge in [0.15, 0.2) is 0 Å². The van der Waals surface area contributed by atoms with Crippen LogP contribution >= 0.6 is 0 Å². The van der Waals surface area contributed by atoms with E-state index in [9.17, 15) is 0 Å². The van der Waals surface area contributed by atoms with Crippen molar-refractivity contribution in [3.63, 3.8) is 0 Å².